The average Bonchev–Trinajstić information content (AvgIpc) is 3.06. The number of methoxy groups -OCH3 is 1. The van der Waals surface area contributed by atoms with E-state index >= 15 is 4.39 Å². The first-order valence-electron chi connectivity index (χ1n) is 14.7. The van der Waals surface area contributed by atoms with Crippen molar-refractivity contribution in [3.8, 4) is 5.75 Å². The first kappa shape index (κ1) is 33.2. The van der Waals surface area contributed by atoms with Gasteiger partial charge in [0.25, 0.3) is 10.0 Å². The van der Waals surface area contributed by atoms with Crippen LogP contribution < -0.4 is 14.4 Å². The third-order valence-electron chi connectivity index (χ3n) is 7.52. The molecule has 0 bridgehead atoms. The first-order chi connectivity index (χ1) is 21.6. The molecule has 2 amide bonds. The molecular weight excluding hydrogens is 593 g/mol. The van der Waals surface area contributed by atoms with E-state index in [-0.39, 0.29) is 35.2 Å². The first-order valence-corrected chi connectivity index (χ1v) is 16.2. The predicted octanol–water partition coefficient (Wildman–Crippen LogP) is 5.58. The molecule has 0 aliphatic rings. The topological polar surface area (TPSA) is 96.0 Å². The van der Waals surface area contributed by atoms with Gasteiger partial charge < -0.3 is 15.0 Å². The van der Waals surface area contributed by atoms with Crippen LogP contribution in [0.4, 0.5) is 10.1 Å². The maximum Gasteiger partial charge on any atom is 0.264 e. The van der Waals surface area contributed by atoms with Crippen molar-refractivity contribution in [3.05, 3.63) is 126 Å². The lowest BCUT2D eigenvalue weighted by Gasteiger charge is -2.34. The van der Waals surface area contributed by atoms with Crippen LogP contribution in [0.3, 0.4) is 0 Å². The molecule has 0 aliphatic carbocycles. The van der Waals surface area contributed by atoms with Crippen molar-refractivity contribution in [1.82, 2.24) is 10.2 Å². The van der Waals surface area contributed by atoms with Gasteiger partial charge in [0, 0.05) is 30.6 Å². The minimum atomic E-state index is -4.26. The molecule has 4 aromatic rings. The Bertz CT molecular complexity index is 1690. The van der Waals surface area contributed by atoms with Gasteiger partial charge in [-0.3, -0.25) is 13.9 Å². The van der Waals surface area contributed by atoms with Crippen molar-refractivity contribution in [2.45, 2.75) is 50.2 Å². The number of hydrogen-bond donors (Lipinski definition) is 1. The summed E-state index contributed by atoms with van der Waals surface area (Å²) < 4.78 is 49.5. The maximum absolute atomic E-state index is 15.0. The lowest BCUT2D eigenvalue weighted by atomic mass is 10.0. The second kappa shape index (κ2) is 15.3. The van der Waals surface area contributed by atoms with Gasteiger partial charge in [0.1, 0.15) is 24.2 Å². The molecule has 10 heteroatoms. The van der Waals surface area contributed by atoms with Crippen molar-refractivity contribution in [2.75, 3.05) is 18.0 Å². The van der Waals surface area contributed by atoms with Gasteiger partial charge in [0.2, 0.25) is 11.8 Å². The van der Waals surface area contributed by atoms with Gasteiger partial charge >= 0.3 is 0 Å². The van der Waals surface area contributed by atoms with E-state index in [0.29, 0.717) is 12.2 Å². The summed E-state index contributed by atoms with van der Waals surface area (Å²) in [6.45, 7) is 2.88. The number of halogens is 1. The smallest absolute Gasteiger partial charge is 0.264 e. The highest BCUT2D eigenvalue weighted by molar-refractivity contribution is 7.92. The molecule has 45 heavy (non-hydrogen) atoms. The van der Waals surface area contributed by atoms with E-state index in [1.807, 2.05) is 44.2 Å². The van der Waals surface area contributed by atoms with Gasteiger partial charge in [0.05, 0.1) is 17.7 Å². The lowest BCUT2D eigenvalue weighted by molar-refractivity contribution is -0.140. The predicted molar refractivity (Wildman–Crippen MR) is 173 cm³/mol. The molecule has 4 rings (SSSR count). The van der Waals surface area contributed by atoms with Crippen molar-refractivity contribution in [1.29, 1.82) is 0 Å². The molecule has 1 N–H and O–H groups in total. The molecule has 0 unspecified atom stereocenters. The van der Waals surface area contributed by atoms with Gasteiger partial charge in [-0.25, -0.2) is 12.8 Å². The highest BCUT2D eigenvalue weighted by atomic mass is 32.2. The molecule has 0 spiro atoms. The summed E-state index contributed by atoms with van der Waals surface area (Å²) >= 11 is 0. The molecule has 236 valence electrons. The molecule has 0 saturated carbocycles. The monoisotopic (exact) mass is 631 g/mol. The van der Waals surface area contributed by atoms with Crippen LogP contribution in [0.2, 0.25) is 0 Å². The molecule has 0 heterocycles. The number of rotatable bonds is 14. The number of sulfonamides is 1. The number of anilines is 1. The van der Waals surface area contributed by atoms with E-state index in [0.717, 1.165) is 9.87 Å². The molecule has 0 radical (unpaired) electrons. The summed E-state index contributed by atoms with van der Waals surface area (Å²) in [5.41, 5.74) is 1.18. The number of hydrogen-bond acceptors (Lipinski definition) is 5. The summed E-state index contributed by atoms with van der Waals surface area (Å²) in [5, 5.41) is 2.97. The number of nitrogens with zero attached hydrogens (tertiary/aromatic N) is 2. The lowest BCUT2D eigenvalue weighted by Crippen LogP contribution is -2.54. The number of benzene rings is 4. The average molecular weight is 632 g/mol. The van der Waals surface area contributed by atoms with Crippen LogP contribution in [0.1, 0.15) is 31.4 Å². The summed E-state index contributed by atoms with van der Waals surface area (Å²) in [6.07, 6.45) is 0.790. The van der Waals surface area contributed by atoms with Crippen molar-refractivity contribution >= 4 is 27.5 Å². The highest BCUT2D eigenvalue weighted by Crippen LogP contribution is 2.28. The Balaban J connectivity index is 1.82. The zero-order valence-corrected chi connectivity index (χ0v) is 26.4. The van der Waals surface area contributed by atoms with Gasteiger partial charge in [-0.15, -0.1) is 0 Å². The van der Waals surface area contributed by atoms with Crippen LogP contribution in [0.25, 0.3) is 0 Å². The van der Waals surface area contributed by atoms with Gasteiger partial charge in [-0.2, -0.15) is 0 Å². The van der Waals surface area contributed by atoms with Crippen molar-refractivity contribution in [3.63, 3.8) is 0 Å². The molecule has 8 nitrogen and oxygen atoms in total. The third kappa shape index (κ3) is 8.48. The van der Waals surface area contributed by atoms with Gasteiger partial charge in [0.15, 0.2) is 0 Å². The fourth-order valence-corrected chi connectivity index (χ4v) is 6.25. The Hall–Kier alpha value is -4.70. The second-order valence-electron chi connectivity index (χ2n) is 10.7. The molecule has 0 fully saturated rings. The number of nitrogens with one attached hydrogen (secondary N) is 1. The number of amides is 2. The molecule has 0 aromatic heterocycles. The molecule has 2 atom stereocenters. The second-order valence-corrected chi connectivity index (χ2v) is 12.5. The van der Waals surface area contributed by atoms with Crippen LogP contribution in [-0.2, 0) is 32.6 Å². The third-order valence-corrected chi connectivity index (χ3v) is 9.31. The van der Waals surface area contributed by atoms with Crippen LogP contribution in [0.15, 0.2) is 114 Å². The van der Waals surface area contributed by atoms with E-state index in [9.17, 15) is 18.0 Å². The maximum atomic E-state index is 15.0. The highest BCUT2D eigenvalue weighted by Gasteiger charge is 2.35. The Morgan fingerprint density at radius 3 is 2.18 bits per heavy atom. The normalized spacial score (nSPS) is 12.5. The molecule has 4 aromatic carbocycles. The largest absolute Gasteiger partial charge is 0.497 e. The standard InChI is InChI=1S/C35H38FN3O5S/c1-4-26(2)37-35(41)33(22-27-14-7-5-8-15-27)38(24-28-16-11-12-21-32(28)36)34(40)25-39(29-17-13-18-30(23-29)44-3)45(42,43)31-19-9-6-10-20-31/h5-21,23,26,33H,4,22,24-25H2,1-3H3,(H,37,41)/t26-,33-/m1/s1. The van der Waals surface area contributed by atoms with Gasteiger partial charge in [-0.05, 0) is 49.2 Å². The Morgan fingerprint density at radius 1 is 0.889 bits per heavy atom. The van der Waals surface area contributed by atoms with Crippen molar-refractivity contribution in [2.24, 2.45) is 0 Å². The number of ether oxygens (including phenoxy) is 1. The fourth-order valence-electron chi connectivity index (χ4n) is 4.82. The molecule has 0 aliphatic heterocycles. The minimum Gasteiger partial charge on any atom is -0.497 e. The number of carbonyl (C=O) groups is 2. The van der Waals surface area contributed by atoms with E-state index in [1.165, 1.54) is 36.3 Å². The van der Waals surface area contributed by atoms with E-state index in [2.05, 4.69) is 5.32 Å². The summed E-state index contributed by atoms with van der Waals surface area (Å²) in [6, 6.07) is 28.1. The van der Waals surface area contributed by atoms with Crippen LogP contribution >= 0.6 is 0 Å². The summed E-state index contributed by atoms with van der Waals surface area (Å²) in [7, 11) is -2.80. The van der Waals surface area contributed by atoms with E-state index < -0.39 is 40.2 Å². The molecule has 0 saturated heterocycles. The van der Waals surface area contributed by atoms with Crippen molar-refractivity contribution < 1.29 is 27.1 Å². The minimum absolute atomic E-state index is 0.0170. The summed E-state index contributed by atoms with van der Waals surface area (Å²) in [4.78, 5) is 29.6. The fraction of sp³-hybridized carbons (Fsp3) is 0.257. The Kier molecular flexibility index (Phi) is 11.3. The van der Waals surface area contributed by atoms with Crippen LogP contribution in [-0.4, -0.2) is 50.9 Å². The van der Waals surface area contributed by atoms with Crippen LogP contribution in [0, 0.1) is 5.82 Å². The zero-order valence-electron chi connectivity index (χ0n) is 25.6. The van der Waals surface area contributed by atoms with E-state index in [4.69, 9.17) is 4.74 Å². The Morgan fingerprint density at radius 2 is 1.53 bits per heavy atom. The summed E-state index contributed by atoms with van der Waals surface area (Å²) in [5.74, 6) is -1.25. The molecular formula is C35H38FN3O5S. The zero-order chi connectivity index (χ0) is 32.4. The Labute approximate surface area is 264 Å². The quantitative estimate of drug-likeness (QED) is 0.196. The van der Waals surface area contributed by atoms with Crippen LogP contribution in [0.5, 0.6) is 5.75 Å². The number of carbonyl (C=O) groups excluding carboxylic acids is 2. The van der Waals surface area contributed by atoms with Gasteiger partial charge in [-0.1, -0.05) is 79.7 Å². The van der Waals surface area contributed by atoms with E-state index in [1.54, 1.807) is 54.6 Å². The SMILES string of the molecule is CC[C@@H](C)NC(=O)[C@@H](Cc1ccccc1)N(Cc1ccccc1F)C(=O)CN(c1cccc(OC)c1)S(=O)(=O)c1ccccc1.